The van der Waals surface area contributed by atoms with E-state index in [1.165, 1.54) is 27.7 Å². The molecule has 0 saturated carbocycles. The molecule has 3 aromatic rings. The summed E-state index contributed by atoms with van der Waals surface area (Å²) in [7, 11) is 0. The summed E-state index contributed by atoms with van der Waals surface area (Å²) in [6.07, 6.45) is 3.66. The predicted molar refractivity (Wildman–Crippen MR) is 97.2 cm³/mol. The average Bonchev–Trinajstić information content (AvgIpc) is 3.36. The van der Waals surface area contributed by atoms with Crippen molar-refractivity contribution in [3.8, 4) is 0 Å². The third kappa shape index (κ3) is 2.88. The van der Waals surface area contributed by atoms with Crippen molar-refractivity contribution in [2.24, 2.45) is 0 Å². The van der Waals surface area contributed by atoms with Crippen LogP contribution in [0.3, 0.4) is 0 Å². The molecular formula is C18H18F3N5S. The number of aromatic nitrogens is 4. The number of alkyl halides is 3. The Morgan fingerprint density at radius 2 is 2.04 bits per heavy atom. The van der Waals surface area contributed by atoms with Crippen molar-refractivity contribution in [3.63, 3.8) is 0 Å². The maximum Gasteiger partial charge on any atom is 0.435 e. The maximum atomic E-state index is 12.9. The second kappa shape index (κ2) is 6.19. The number of hydrogen-bond donors (Lipinski definition) is 0. The molecule has 27 heavy (non-hydrogen) atoms. The number of hydrogen-bond acceptors (Lipinski definition) is 5. The van der Waals surface area contributed by atoms with Crippen molar-refractivity contribution < 1.29 is 13.2 Å². The number of anilines is 1. The molecule has 1 unspecified atom stereocenters. The third-order valence-electron chi connectivity index (χ3n) is 5.45. The SMILES string of the molecule is FC(F)(F)c1ccn(C2CCCN(c3ncnc4sc5c(c34)CCC5)C2)n1. The number of nitrogens with zero attached hydrogens (tertiary/aromatic N) is 5. The number of halogens is 3. The monoisotopic (exact) mass is 393 g/mol. The van der Waals surface area contributed by atoms with E-state index in [9.17, 15) is 13.2 Å². The fraction of sp³-hybridized carbons (Fsp3) is 0.500. The molecule has 9 heteroatoms. The molecule has 1 aliphatic carbocycles. The highest BCUT2D eigenvalue weighted by Crippen LogP contribution is 2.41. The number of piperidine rings is 1. The zero-order valence-electron chi connectivity index (χ0n) is 14.5. The quantitative estimate of drug-likeness (QED) is 0.654. The van der Waals surface area contributed by atoms with Gasteiger partial charge in [-0.25, -0.2) is 9.97 Å². The van der Waals surface area contributed by atoms with Crippen molar-refractivity contribution in [2.75, 3.05) is 18.0 Å². The number of thiophene rings is 1. The molecule has 1 fully saturated rings. The van der Waals surface area contributed by atoms with Gasteiger partial charge in [0.2, 0.25) is 0 Å². The van der Waals surface area contributed by atoms with Gasteiger partial charge in [-0.1, -0.05) is 0 Å². The Bertz CT molecular complexity index is 993. The smallest absolute Gasteiger partial charge is 0.354 e. The van der Waals surface area contributed by atoms with Crippen LogP contribution in [0.15, 0.2) is 18.6 Å². The summed E-state index contributed by atoms with van der Waals surface area (Å²) >= 11 is 1.75. The maximum absolute atomic E-state index is 12.9. The van der Waals surface area contributed by atoms with Gasteiger partial charge in [-0.15, -0.1) is 11.3 Å². The van der Waals surface area contributed by atoms with Crippen LogP contribution in [0, 0.1) is 0 Å². The van der Waals surface area contributed by atoms with E-state index in [0.717, 1.165) is 54.3 Å². The van der Waals surface area contributed by atoms with E-state index < -0.39 is 11.9 Å². The van der Waals surface area contributed by atoms with E-state index in [1.807, 2.05) is 0 Å². The predicted octanol–water partition coefficient (Wildman–Crippen LogP) is 4.24. The van der Waals surface area contributed by atoms with Crippen LogP contribution in [0.25, 0.3) is 10.2 Å². The van der Waals surface area contributed by atoms with Crippen LogP contribution in [-0.4, -0.2) is 32.8 Å². The van der Waals surface area contributed by atoms with Gasteiger partial charge in [0, 0.05) is 24.2 Å². The van der Waals surface area contributed by atoms with Crippen LogP contribution in [0.5, 0.6) is 0 Å². The Kier molecular flexibility index (Phi) is 3.89. The Hall–Kier alpha value is -2.16. The number of fused-ring (bicyclic) bond motifs is 3. The molecular weight excluding hydrogens is 375 g/mol. The molecule has 0 aromatic carbocycles. The van der Waals surface area contributed by atoms with Gasteiger partial charge in [0.15, 0.2) is 5.69 Å². The summed E-state index contributed by atoms with van der Waals surface area (Å²) in [5, 5.41) is 4.92. The molecule has 1 aliphatic heterocycles. The minimum atomic E-state index is -4.41. The summed E-state index contributed by atoms with van der Waals surface area (Å²) in [4.78, 5) is 13.6. The Morgan fingerprint density at radius 1 is 1.15 bits per heavy atom. The van der Waals surface area contributed by atoms with Crippen LogP contribution in [0.1, 0.15) is 41.4 Å². The van der Waals surface area contributed by atoms with E-state index in [2.05, 4.69) is 20.0 Å². The van der Waals surface area contributed by atoms with Gasteiger partial charge < -0.3 is 4.90 Å². The fourth-order valence-corrected chi connectivity index (χ4v) is 5.43. The van der Waals surface area contributed by atoms with E-state index in [4.69, 9.17) is 0 Å². The van der Waals surface area contributed by atoms with Gasteiger partial charge in [0.05, 0.1) is 11.4 Å². The summed E-state index contributed by atoms with van der Waals surface area (Å²) in [6.45, 7) is 1.45. The first-order valence-electron chi connectivity index (χ1n) is 9.13. The molecule has 1 saturated heterocycles. The average molecular weight is 393 g/mol. The molecule has 3 aromatic heterocycles. The zero-order valence-corrected chi connectivity index (χ0v) is 15.4. The summed E-state index contributed by atoms with van der Waals surface area (Å²) in [6, 6.07) is 0.958. The topological polar surface area (TPSA) is 46.8 Å². The number of aryl methyl sites for hydroxylation is 2. The highest BCUT2D eigenvalue weighted by Gasteiger charge is 2.35. The largest absolute Gasteiger partial charge is 0.435 e. The molecule has 0 radical (unpaired) electrons. The van der Waals surface area contributed by atoms with E-state index in [1.54, 1.807) is 17.7 Å². The third-order valence-corrected chi connectivity index (χ3v) is 6.65. The van der Waals surface area contributed by atoms with Crippen molar-refractivity contribution in [1.82, 2.24) is 19.7 Å². The van der Waals surface area contributed by atoms with Gasteiger partial charge in [-0.05, 0) is 43.7 Å². The molecule has 1 atom stereocenters. The molecule has 2 aliphatic rings. The van der Waals surface area contributed by atoms with Gasteiger partial charge in [0.25, 0.3) is 0 Å². The molecule has 142 valence electrons. The Morgan fingerprint density at radius 3 is 2.85 bits per heavy atom. The molecule has 5 nitrogen and oxygen atoms in total. The van der Waals surface area contributed by atoms with Crippen LogP contribution < -0.4 is 4.90 Å². The van der Waals surface area contributed by atoms with E-state index in [0.29, 0.717) is 6.54 Å². The molecule has 5 rings (SSSR count). The van der Waals surface area contributed by atoms with Crippen LogP contribution in [0.2, 0.25) is 0 Å². The fourth-order valence-electron chi connectivity index (χ4n) is 4.21. The second-order valence-corrected chi connectivity index (χ2v) is 8.24. The van der Waals surface area contributed by atoms with Crippen LogP contribution in [0.4, 0.5) is 19.0 Å². The molecule has 4 heterocycles. The van der Waals surface area contributed by atoms with E-state index in [-0.39, 0.29) is 6.04 Å². The zero-order chi connectivity index (χ0) is 18.6. The summed E-state index contributed by atoms with van der Waals surface area (Å²) in [5.74, 6) is 0.923. The normalized spacial score (nSPS) is 20.4. The van der Waals surface area contributed by atoms with Gasteiger partial charge in [0.1, 0.15) is 17.0 Å². The Balaban J connectivity index is 1.47. The lowest BCUT2D eigenvalue weighted by molar-refractivity contribution is -0.141. The lowest BCUT2D eigenvalue weighted by atomic mass is 10.0. The minimum absolute atomic E-state index is 0.0912. The standard InChI is InChI=1S/C18H18F3N5S/c19-18(20,21)14-6-8-26(24-14)11-3-2-7-25(9-11)16-15-12-4-1-5-13(12)27-17(15)23-10-22-16/h6,8,10-11H,1-5,7,9H2. The van der Waals surface area contributed by atoms with Crippen molar-refractivity contribution >= 4 is 27.4 Å². The Labute approximate surface area is 157 Å². The second-order valence-electron chi connectivity index (χ2n) is 7.16. The first kappa shape index (κ1) is 17.0. The summed E-state index contributed by atoms with van der Waals surface area (Å²) in [5.41, 5.74) is 0.533. The minimum Gasteiger partial charge on any atom is -0.354 e. The van der Waals surface area contributed by atoms with Crippen LogP contribution in [-0.2, 0) is 19.0 Å². The molecule has 0 N–H and O–H groups in total. The molecule has 0 bridgehead atoms. The lowest BCUT2D eigenvalue weighted by Gasteiger charge is -2.34. The molecule has 0 spiro atoms. The number of rotatable bonds is 2. The first-order chi connectivity index (χ1) is 13.0. The van der Waals surface area contributed by atoms with Crippen LogP contribution >= 0.6 is 11.3 Å². The van der Waals surface area contributed by atoms with Gasteiger partial charge in [-0.2, -0.15) is 18.3 Å². The first-order valence-corrected chi connectivity index (χ1v) is 9.95. The van der Waals surface area contributed by atoms with Crippen molar-refractivity contribution in [2.45, 2.75) is 44.3 Å². The summed E-state index contributed by atoms with van der Waals surface area (Å²) < 4.78 is 40.1. The van der Waals surface area contributed by atoms with Gasteiger partial charge in [-0.3, -0.25) is 4.68 Å². The van der Waals surface area contributed by atoms with Crippen molar-refractivity contribution in [1.29, 1.82) is 0 Å². The highest BCUT2D eigenvalue weighted by atomic mass is 32.1. The van der Waals surface area contributed by atoms with Crippen molar-refractivity contribution in [3.05, 3.63) is 34.7 Å². The molecule has 0 amide bonds. The van der Waals surface area contributed by atoms with Gasteiger partial charge >= 0.3 is 6.18 Å². The lowest BCUT2D eigenvalue weighted by Crippen LogP contribution is -2.37. The highest BCUT2D eigenvalue weighted by molar-refractivity contribution is 7.19. The van der Waals surface area contributed by atoms with E-state index >= 15 is 0 Å².